The molecule has 1 aliphatic rings. The molecule has 3 heterocycles. The molecular weight excluding hydrogens is 294 g/mol. The largest absolute Gasteiger partial charge is 0.337 e. The molecule has 0 radical (unpaired) electrons. The van der Waals surface area contributed by atoms with Crippen molar-refractivity contribution < 1.29 is 4.79 Å². The Kier molecular flexibility index (Phi) is 3.27. The van der Waals surface area contributed by atoms with Crippen LogP contribution in [0.4, 0.5) is 0 Å². The standard InChI is InChI=1S/C17H15N3OS/c21-17(19-9-5-10-19)15-12-14(16-8-4-11-22-16)18-20(15)13-6-2-1-3-7-13/h1-4,6-8,11-12H,5,9-10H2. The van der Waals surface area contributed by atoms with Gasteiger partial charge in [-0.05, 0) is 36.1 Å². The van der Waals surface area contributed by atoms with Gasteiger partial charge in [0.25, 0.3) is 5.91 Å². The smallest absolute Gasteiger partial charge is 0.272 e. The van der Waals surface area contributed by atoms with Crippen LogP contribution in [-0.2, 0) is 0 Å². The van der Waals surface area contributed by atoms with Crippen LogP contribution in [0.3, 0.4) is 0 Å². The molecule has 110 valence electrons. The van der Waals surface area contributed by atoms with Crippen molar-refractivity contribution in [2.24, 2.45) is 0 Å². The Balaban J connectivity index is 1.82. The number of benzene rings is 1. The topological polar surface area (TPSA) is 38.1 Å². The average molecular weight is 309 g/mol. The van der Waals surface area contributed by atoms with Crippen molar-refractivity contribution in [2.45, 2.75) is 6.42 Å². The van der Waals surface area contributed by atoms with E-state index in [1.54, 1.807) is 16.0 Å². The van der Waals surface area contributed by atoms with Gasteiger partial charge >= 0.3 is 0 Å². The molecule has 1 amide bonds. The van der Waals surface area contributed by atoms with Crippen LogP contribution < -0.4 is 0 Å². The van der Waals surface area contributed by atoms with Gasteiger partial charge in [0.1, 0.15) is 11.4 Å². The van der Waals surface area contributed by atoms with E-state index in [0.717, 1.165) is 35.8 Å². The van der Waals surface area contributed by atoms with Gasteiger partial charge < -0.3 is 4.90 Å². The maximum atomic E-state index is 12.7. The van der Waals surface area contributed by atoms with Gasteiger partial charge in [0.2, 0.25) is 0 Å². The summed E-state index contributed by atoms with van der Waals surface area (Å²) in [6, 6.07) is 15.7. The fourth-order valence-electron chi connectivity index (χ4n) is 2.53. The highest BCUT2D eigenvalue weighted by atomic mass is 32.1. The van der Waals surface area contributed by atoms with Gasteiger partial charge in [0, 0.05) is 13.1 Å². The molecule has 5 heteroatoms. The highest BCUT2D eigenvalue weighted by Gasteiger charge is 2.26. The number of amides is 1. The molecule has 22 heavy (non-hydrogen) atoms. The zero-order chi connectivity index (χ0) is 14.9. The third-order valence-electron chi connectivity index (χ3n) is 3.85. The third-order valence-corrected chi connectivity index (χ3v) is 4.74. The van der Waals surface area contributed by atoms with Crippen molar-refractivity contribution in [1.29, 1.82) is 0 Å². The molecular formula is C17H15N3OS. The predicted octanol–water partition coefficient (Wildman–Crippen LogP) is 3.45. The zero-order valence-electron chi connectivity index (χ0n) is 12.0. The van der Waals surface area contributed by atoms with Gasteiger partial charge in [-0.15, -0.1) is 11.3 Å². The number of carbonyl (C=O) groups is 1. The minimum Gasteiger partial charge on any atom is -0.337 e. The second-order valence-corrected chi connectivity index (χ2v) is 6.23. The van der Waals surface area contributed by atoms with Gasteiger partial charge in [0.05, 0.1) is 10.6 Å². The minimum absolute atomic E-state index is 0.0606. The number of aromatic nitrogens is 2. The average Bonchev–Trinajstić information content (AvgIpc) is 3.15. The van der Waals surface area contributed by atoms with Crippen LogP contribution in [0.5, 0.6) is 0 Å². The number of nitrogens with zero attached hydrogens (tertiary/aromatic N) is 3. The fraction of sp³-hybridized carbons (Fsp3) is 0.176. The first-order valence-corrected chi connectivity index (χ1v) is 8.19. The molecule has 2 aromatic heterocycles. The summed E-state index contributed by atoms with van der Waals surface area (Å²) in [7, 11) is 0. The summed E-state index contributed by atoms with van der Waals surface area (Å²) in [6.07, 6.45) is 1.09. The number of carbonyl (C=O) groups excluding carboxylic acids is 1. The quantitative estimate of drug-likeness (QED) is 0.743. The van der Waals surface area contributed by atoms with E-state index in [1.165, 1.54) is 0 Å². The summed E-state index contributed by atoms with van der Waals surface area (Å²) in [5.74, 6) is 0.0606. The molecule has 0 aliphatic carbocycles. The monoisotopic (exact) mass is 309 g/mol. The SMILES string of the molecule is O=C(c1cc(-c2cccs2)nn1-c1ccccc1)N1CCC1. The Morgan fingerprint density at radius 1 is 1.09 bits per heavy atom. The summed E-state index contributed by atoms with van der Waals surface area (Å²) in [5, 5.41) is 6.69. The molecule has 0 atom stereocenters. The fourth-order valence-corrected chi connectivity index (χ4v) is 3.21. The van der Waals surface area contributed by atoms with E-state index in [0.29, 0.717) is 5.69 Å². The lowest BCUT2D eigenvalue weighted by molar-refractivity contribution is 0.0642. The van der Waals surface area contributed by atoms with E-state index >= 15 is 0 Å². The maximum Gasteiger partial charge on any atom is 0.272 e. The normalized spacial score (nSPS) is 13.9. The second kappa shape index (κ2) is 5.42. The first kappa shape index (κ1) is 13.3. The maximum absolute atomic E-state index is 12.7. The van der Waals surface area contributed by atoms with Crippen molar-refractivity contribution in [2.75, 3.05) is 13.1 Å². The summed E-state index contributed by atoms with van der Waals surface area (Å²) < 4.78 is 1.76. The Labute approximate surface area is 132 Å². The first-order chi connectivity index (χ1) is 10.8. The highest BCUT2D eigenvalue weighted by Crippen LogP contribution is 2.27. The Morgan fingerprint density at radius 3 is 2.55 bits per heavy atom. The molecule has 0 spiro atoms. The number of hydrogen-bond acceptors (Lipinski definition) is 3. The molecule has 0 saturated carbocycles. The lowest BCUT2D eigenvalue weighted by Gasteiger charge is -2.30. The van der Waals surface area contributed by atoms with Crippen LogP contribution in [0.15, 0.2) is 53.9 Å². The van der Waals surface area contributed by atoms with Gasteiger partial charge in [-0.3, -0.25) is 4.79 Å². The molecule has 1 aliphatic heterocycles. The molecule has 4 nitrogen and oxygen atoms in total. The Hall–Kier alpha value is -2.40. The molecule has 3 aromatic rings. The van der Waals surface area contributed by atoms with Crippen LogP contribution >= 0.6 is 11.3 Å². The summed E-state index contributed by atoms with van der Waals surface area (Å²) in [5.41, 5.74) is 2.39. The van der Waals surface area contributed by atoms with Gasteiger partial charge in [0.15, 0.2) is 0 Å². The lowest BCUT2D eigenvalue weighted by atomic mass is 10.2. The summed E-state index contributed by atoms with van der Waals surface area (Å²) in [6.45, 7) is 1.68. The van der Waals surface area contributed by atoms with Gasteiger partial charge in [-0.2, -0.15) is 5.10 Å². The number of para-hydroxylation sites is 1. The van der Waals surface area contributed by atoms with Crippen LogP contribution in [0.1, 0.15) is 16.9 Å². The lowest BCUT2D eigenvalue weighted by Crippen LogP contribution is -2.42. The van der Waals surface area contributed by atoms with Crippen molar-refractivity contribution in [3.8, 4) is 16.3 Å². The van der Waals surface area contributed by atoms with Crippen LogP contribution in [0.2, 0.25) is 0 Å². The molecule has 1 fully saturated rings. The number of likely N-dealkylation sites (tertiary alicyclic amines) is 1. The third kappa shape index (κ3) is 2.23. The first-order valence-electron chi connectivity index (χ1n) is 7.31. The van der Waals surface area contributed by atoms with Crippen LogP contribution in [0, 0.1) is 0 Å². The summed E-state index contributed by atoms with van der Waals surface area (Å²) in [4.78, 5) is 15.6. The number of thiophene rings is 1. The van der Waals surface area contributed by atoms with E-state index in [4.69, 9.17) is 0 Å². The van der Waals surface area contributed by atoms with E-state index < -0.39 is 0 Å². The number of rotatable bonds is 3. The highest BCUT2D eigenvalue weighted by molar-refractivity contribution is 7.13. The molecule has 1 aromatic carbocycles. The van der Waals surface area contributed by atoms with E-state index in [9.17, 15) is 4.79 Å². The minimum atomic E-state index is 0.0606. The van der Waals surface area contributed by atoms with Gasteiger partial charge in [-0.25, -0.2) is 4.68 Å². The Bertz CT molecular complexity index is 789. The zero-order valence-corrected chi connectivity index (χ0v) is 12.8. The molecule has 1 saturated heterocycles. The number of hydrogen-bond donors (Lipinski definition) is 0. The van der Waals surface area contributed by atoms with Crippen molar-refractivity contribution in [3.05, 3.63) is 59.6 Å². The van der Waals surface area contributed by atoms with Crippen LogP contribution in [0.25, 0.3) is 16.3 Å². The molecule has 0 unspecified atom stereocenters. The van der Waals surface area contributed by atoms with Crippen molar-refractivity contribution in [1.82, 2.24) is 14.7 Å². The van der Waals surface area contributed by atoms with E-state index in [-0.39, 0.29) is 5.91 Å². The molecule has 4 rings (SSSR count). The second-order valence-electron chi connectivity index (χ2n) is 5.29. The van der Waals surface area contributed by atoms with Crippen molar-refractivity contribution in [3.63, 3.8) is 0 Å². The van der Waals surface area contributed by atoms with Gasteiger partial charge in [-0.1, -0.05) is 24.3 Å². The molecule has 0 N–H and O–H groups in total. The van der Waals surface area contributed by atoms with E-state index in [2.05, 4.69) is 5.10 Å². The Morgan fingerprint density at radius 2 is 1.91 bits per heavy atom. The van der Waals surface area contributed by atoms with E-state index in [1.807, 2.05) is 58.8 Å². The van der Waals surface area contributed by atoms with Crippen molar-refractivity contribution >= 4 is 17.2 Å². The van der Waals surface area contributed by atoms with Crippen LogP contribution in [-0.4, -0.2) is 33.7 Å². The summed E-state index contributed by atoms with van der Waals surface area (Å²) >= 11 is 1.63. The predicted molar refractivity (Wildman–Crippen MR) is 87.4 cm³/mol. The molecule has 0 bridgehead atoms.